The average molecular weight is 313 g/mol. The number of hydrogen-bond acceptors (Lipinski definition) is 4. The molecule has 0 bridgehead atoms. The van der Waals surface area contributed by atoms with Crippen LogP contribution in [0.3, 0.4) is 0 Å². The van der Waals surface area contributed by atoms with E-state index in [-0.39, 0.29) is 19.1 Å². The van der Waals surface area contributed by atoms with Crippen LogP contribution < -0.4 is 10.1 Å². The zero-order valence-corrected chi connectivity index (χ0v) is 13.2. The van der Waals surface area contributed by atoms with Crippen LogP contribution in [-0.2, 0) is 14.3 Å². The molecule has 0 aliphatic rings. The average Bonchev–Trinajstić information content (AvgIpc) is 2.51. The lowest BCUT2D eigenvalue weighted by Gasteiger charge is -2.08. The van der Waals surface area contributed by atoms with Crippen LogP contribution in [0.2, 0.25) is 0 Å². The van der Waals surface area contributed by atoms with Crippen molar-refractivity contribution < 1.29 is 19.1 Å². The molecule has 5 nitrogen and oxygen atoms in total. The summed E-state index contributed by atoms with van der Waals surface area (Å²) in [5.41, 5.74) is 2.74. The van der Waals surface area contributed by atoms with Crippen molar-refractivity contribution in [3.63, 3.8) is 0 Å². The molecule has 0 aromatic heterocycles. The van der Waals surface area contributed by atoms with Crippen LogP contribution in [0.1, 0.15) is 11.1 Å². The van der Waals surface area contributed by atoms with Gasteiger partial charge in [-0.1, -0.05) is 24.3 Å². The summed E-state index contributed by atoms with van der Waals surface area (Å²) in [4.78, 5) is 23.3. The van der Waals surface area contributed by atoms with Crippen LogP contribution in [0.25, 0.3) is 0 Å². The summed E-state index contributed by atoms with van der Waals surface area (Å²) in [6.45, 7) is 3.28. The summed E-state index contributed by atoms with van der Waals surface area (Å²) in [6.07, 6.45) is 0. The summed E-state index contributed by atoms with van der Waals surface area (Å²) in [7, 11) is 0. The third kappa shape index (κ3) is 5.82. The molecule has 0 saturated heterocycles. The Balaban J connectivity index is 1.72. The number of carbonyl (C=O) groups is 2. The standard InChI is InChI=1S/C18H19NO4/c1-13-5-3-7-15(9-13)19-17(20)11-23-18(21)12-22-16-8-4-6-14(2)10-16/h3-10H,11-12H2,1-2H3,(H,19,20). The molecular formula is C18H19NO4. The Morgan fingerprint density at radius 2 is 1.65 bits per heavy atom. The molecular weight excluding hydrogens is 294 g/mol. The van der Waals surface area contributed by atoms with Gasteiger partial charge < -0.3 is 14.8 Å². The maximum atomic E-state index is 11.7. The van der Waals surface area contributed by atoms with E-state index in [1.54, 1.807) is 12.1 Å². The molecule has 2 aromatic rings. The molecule has 0 unspecified atom stereocenters. The molecule has 1 N–H and O–H groups in total. The Morgan fingerprint density at radius 3 is 2.35 bits per heavy atom. The Labute approximate surface area is 135 Å². The van der Waals surface area contributed by atoms with Crippen molar-refractivity contribution in [2.45, 2.75) is 13.8 Å². The number of anilines is 1. The highest BCUT2D eigenvalue weighted by Crippen LogP contribution is 2.12. The van der Waals surface area contributed by atoms with E-state index in [4.69, 9.17) is 9.47 Å². The van der Waals surface area contributed by atoms with Crippen molar-refractivity contribution in [2.24, 2.45) is 0 Å². The second-order valence-corrected chi connectivity index (χ2v) is 5.18. The summed E-state index contributed by atoms with van der Waals surface area (Å²) < 4.78 is 10.2. The minimum Gasteiger partial charge on any atom is -0.482 e. The van der Waals surface area contributed by atoms with Crippen LogP contribution in [0, 0.1) is 13.8 Å². The Kier molecular flexibility index (Phi) is 5.74. The Morgan fingerprint density at radius 1 is 0.957 bits per heavy atom. The normalized spacial score (nSPS) is 10.0. The number of hydrogen-bond donors (Lipinski definition) is 1. The molecule has 0 fully saturated rings. The van der Waals surface area contributed by atoms with Crippen molar-refractivity contribution in [1.29, 1.82) is 0 Å². The second-order valence-electron chi connectivity index (χ2n) is 5.18. The van der Waals surface area contributed by atoms with Gasteiger partial charge in [-0.25, -0.2) is 4.79 Å². The molecule has 0 saturated carbocycles. The number of benzene rings is 2. The second kappa shape index (κ2) is 7.98. The number of aryl methyl sites for hydroxylation is 2. The monoisotopic (exact) mass is 313 g/mol. The Hall–Kier alpha value is -2.82. The number of amides is 1. The summed E-state index contributed by atoms with van der Waals surface area (Å²) in [5.74, 6) is -0.392. The van der Waals surface area contributed by atoms with Gasteiger partial charge in [-0.05, 0) is 49.2 Å². The molecule has 0 spiro atoms. The first kappa shape index (κ1) is 16.5. The van der Waals surface area contributed by atoms with Crippen LogP contribution in [-0.4, -0.2) is 25.1 Å². The molecule has 2 aromatic carbocycles. The van der Waals surface area contributed by atoms with Crippen LogP contribution in [0.4, 0.5) is 5.69 Å². The molecule has 0 radical (unpaired) electrons. The molecule has 0 atom stereocenters. The lowest BCUT2D eigenvalue weighted by Crippen LogP contribution is -2.23. The minimum atomic E-state index is -0.592. The van der Waals surface area contributed by atoms with Crippen LogP contribution >= 0.6 is 0 Å². The van der Waals surface area contributed by atoms with E-state index in [9.17, 15) is 9.59 Å². The molecule has 23 heavy (non-hydrogen) atoms. The maximum absolute atomic E-state index is 11.7. The fourth-order valence-corrected chi connectivity index (χ4v) is 1.95. The first-order chi connectivity index (χ1) is 11.0. The first-order valence-electron chi connectivity index (χ1n) is 7.24. The quantitative estimate of drug-likeness (QED) is 0.833. The van der Waals surface area contributed by atoms with Gasteiger partial charge in [0.25, 0.3) is 5.91 Å². The van der Waals surface area contributed by atoms with Crippen molar-refractivity contribution in [1.82, 2.24) is 0 Å². The molecule has 1 amide bonds. The summed E-state index contributed by atoms with van der Waals surface area (Å²) in [6, 6.07) is 14.7. The number of rotatable bonds is 6. The van der Waals surface area contributed by atoms with E-state index in [0.717, 1.165) is 11.1 Å². The fraction of sp³-hybridized carbons (Fsp3) is 0.222. The van der Waals surface area contributed by atoms with Crippen molar-refractivity contribution >= 4 is 17.6 Å². The molecule has 120 valence electrons. The number of esters is 1. The van der Waals surface area contributed by atoms with Gasteiger partial charge in [0.1, 0.15) is 5.75 Å². The molecule has 0 aliphatic heterocycles. The topological polar surface area (TPSA) is 64.6 Å². The van der Waals surface area contributed by atoms with Gasteiger partial charge in [0, 0.05) is 5.69 Å². The molecule has 0 heterocycles. The SMILES string of the molecule is Cc1cccc(NC(=O)COC(=O)COc2cccc(C)c2)c1. The van der Waals surface area contributed by atoms with Crippen molar-refractivity contribution in [3.05, 3.63) is 59.7 Å². The lowest BCUT2D eigenvalue weighted by molar-refractivity contribution is -0.149. The third-order valence-corrected chi connectivity index (χ3v) is 3.01. The highest BCUT2D eigenvalue weighted by Gasteiger charge is 2.09. The van der Waals surface area contributed by atoms with Gasteiger partial charge in [0.2, 0.25) is 0 Å². The highest BCUT2D eigenvalue weighted by atomic mass is 16.6. The molecule has 0 aliphatic carbocycles. The van der Waals surface area contributed by atoms with Crippen molar-refractivity contribution in [2.75, 3.05) is 18.5 Å². The van der Waals surface area contributed by atoms with Gasteiger partial charge in [-0.2, -0.15) is 0 Å². The van der Waals surface area contributed by atoms with E-state index in [2.05, 4.69) is 5.32 Å². The number of carbonyl (C=O) groups excluding carboxylic acids is 2. The van der Waals surface area contributed by atoms with E-state index in [0.29, 0.717) is 11.4 Å². The largest absolute Gasteiger partial charge is 0.482 e. The predicted octanol–water partition coefficient (Wildman–Crippen LogP) is 2.86. The van der Waals surface area contributed by atoms with Crippen LogP contribution in [0.15, 0.2) is 48.5 Å². The van der Waals surface area contributed by atoms with Gasteiger partial charge >= 0.3 is 5.97 Å². The minimum absolute atomic E-state index is 0.235. The zero-order chi connectivity index (χ0) is 16.7. The molecule has 2 rings (SSSR count). The number of ether oxygens (including phenoxy) is 2. The first-order valence-corrected chi connectivity index (χ1v) is 7.24. The highest BCUT2D eigenvalue weighted by molar-refractivity contribution is 5.92. The lowest BCUT2D eigenvalue weighted by atomic mass is 10.2. The Bertz CT molecular complexity index is 697. The van der Waals surface area contributed by atoms with E-state index < -0.39 is 5.97 Å². The zero-order valence-electron chi connectivity index (χ0n) is 13.2. The fourth-order valence-electron chi connectivity index (χ4n) is 1.95. The van der Waals surface area contributed by atoms with Gasteiger partial charge in [0.05, 0.1) is 0 Å². The van der Waals surface area contributed by atoms with Gasteiger partial charge in [-0.3, -0.25) is 4.79 Å². The summed E-state index contributed by atoms with van der Waals surface area (Å²) >= 11 is 0. The van der Waals surface area contributed by atoms with E-state index in [1.807, 2.05) is 50.2 Å². The van der Waals surface area contributed by atoms with E-state index >= 15 is 0 Å². The van der Waals surface area contributed by atoms with Gasteiger partial charge in [-0.15, -0.1) is 0 Å². The third-order valence-electron chi connectivity index (χ3n) is 3.01. The van der Waals surface area contributed by atoms with E-state index in [1.165, 1.54) is 0 Å². The number of nitrogens with one attached hydrogen (secondary N) is 1. The maximum Gasteiger partial charge on any atom is 0.344 e. The van der Waals surface area contributed by atoms with Gasteiger partial charge in [0.15, 0.2) is 13.2 Å². The smallest absolute Gasteiger partial charge is 0.344 e. The predicted molar refractivity (Wildman–Crippen MR) is 87.4 cm³/mol. The van der Waals surface area contributed by atoms with Crippen molar-refractivity contribution in [3.8, 4) is 5.75 Å². The molecule has 5 heteroatoms. The summed E-state index contributed by atoms with van der Waals surface area (Å²) in [5, 5.41) is 2.66. The van der Waals surface area contributed by atoms with Crippen LogP contribution in [0.5, 0.6) is 5.75 Å².